The molecule has 6 heteroatoms. The van der Waals surface area contributed by atoms with Gasteiger partial charge in [-0.3, -0.25) is 9.59 Å². The third-order valence-corrected chi connectivity index (χ3v) is 15.5. The molecule has 0 saturated carbocycles. The number of esters is 1. The zero-order valence-corrected chi connectivity index (χ0v) is 49.4. The van der Waals surface area contributed by atoms with Crippen LogP contribution in [0.2, 0.25) is 0 Å². The highest BCUT2D eigenvalue weighted by atomic mass is 16.5. The highest BCUT2D eigenvalue weighted by Gasteiger charge is 2.18. The van der Waals surface area contributed by atoms with E-state index >= 15 is 0 Å². The third-order valence-electron chi connectivity index (χ3n) is 15.5. The summed E-state index contributed by atoms with van der Waals surface area (Å²) >= 11 is 0. The summed E-state index contributed by atoms with van der Waals surface area (Å²) in [6, 6.07) is -0.628. The second-order valence-corrected chi connectivity index (χ2v) is 22.8. The molecule has 2 atom stereocenters. The number of carbonyl (C=O) groups is 2. The van der Waals surface area contributed by atoms with Gasteiger partial charge in [0.1, 0.15) is 0 Å². The first-order valence-electron chi connectivity index (χ1n) is 33.1. The lowest BCUT2D eigenvalue weighted by atomic mass is 10.0. The van der Waals surface area contributed by atoms with E-state index in [0.29, 0.717) is 19.4 Å². The lowest BCUT2D eigenvalue weighted by Crippen LogP contribution is -2.45. The fourth-order valence-corrected chi connectivity index (χ4v) is 10.4. The fraction of sp³-hybridized carbons (Fsp3) is 0.910. The minimum Gasteiger partial charge on any atom is -0.466 e. The quantitative estimate of drug-likeness (QED) is 0.0320. The molecule has 0 aliphatic heterocycles. The van der Waals surface area contributed by atoms with E-state index in [1.165, 1.54) is 295 Å². The molecule has 0 heterocycles. The summed E-state index contributed by atoms with van der Waals surface area (Å²) < 4.78 is 5.47. The molecule has 73 heavy (non-hydrogen) atoms. The Balaban J connectivity index is 3.41. The van der Waals surface area contributed by atoms with Crippen LogP contribution in [-0.4, -0.2) is 47.4 Å². The van der Waals surface area contributed by atoms with E-state index in [1.807, 2.05) is 6.08 Å². The van der Waals surface area contributed by atoms with Crippen LogP contribution in [0.15, 0.2) is 24.3 Å². The number of carbonyl (C=O) groups excluding carboxylic acids is 2. The predicted octanol–water partition coefficient (Wildman–Crippen LogP) is 21.0. The number of ether oxygens (including phenoxy) is 1. The third kappa shape index (κ3) is 59.4. The Hall–Kier alpha value is -1.66. The van der Waals surface area contributed by atoms with Crippen molar-refractivity contribution in [1.29, 1.82) is 0 Å². The Morgan fingerprint density at radius 3 is 1.00 bits per heavy atom. The summed E-state index contributed by atoms with van der Waals surface area (Å²) in [5, 5.41) is 23.2. The summed E-state index contributed by atoms with van der Waals surface area (Å²) in [5.41, 5.74) is 0. The molecule has 6 nitrogen and oxygen atoms in total. The van der Waals surface area contributed by atoms with Crippen molar-refractivity contribution in [2.45, 2.75) is 379 Å². The summed E-state index contributed by atoms with van der Waals surface area (Å²) in [7, 11) is 0. The first kappa shape index (κ1) is 71.3. The van der Waals surface area contributed by atoms with Gasteiger partial charge in [-0.05, 0) is 57.8 Å². The minimum absolute atomic E-state index is 0.00432. The summed E-state index contributed by atoms with van der Waals surface area (Å²) in [4.78, 5) is 24.5. The van der Waals surface area contributed by atoms with Crippen LogP contribution in [0.1, 0.15) is 367 Å². The summed E-state index contributed by atoms with van der Waals surface area (Å²) in [6.07, 6.45) is 78.0. The van der Waals surface area contributed by atoms with Crippen molar-refractivity contribution in [3.63, 3.8) is 0 Å². The van der Waals surface area contributed by atoms with E-state index in [2.05, 4.69) is 31.3 Å². The molecule has 0 aromatic rings. The molecule has 3 N–H and O–H groups in total. The number of aliphatic hydroxyl groups is 2. The van der Waals surface area contributed by atoms with Gasteiger partial charge in [0.05, 0.1) is 25.4 Å². The second-order valence-electron chi connectivity index (χ2n) is 22.8. The zero-order chi connectivity index (χ0) is 52.9. The molecule has 0 saturated heterocycles. The molecule has 0 aliphatic rings. The van der Waals surface area contributed by atoms with Gasteiger partial charge in [0, 0.05) is 12.8 Å². The van der Waals surface area contributed by atoms with Crippen LogP contribution in [0.25, 0.3) is 0 Å². The Morgan fingerprint density at radius 1 is 0.370 bits per heavy atom. The Bertz CT molecular complexity index is 1140. The highest BCUT2D eigenvalue weighted by Crippen LogP contribution is 2.18. The van der Waals surface area contributed by atoms with Gasteiger partial charge in [-0.1, -0.05) is 321 Å². The summed E-state index contributed by atoms with van der Waals surface area (Å²) in [5.74, 6) is -0.0596. The zero-order valence-electron chi connectivity index (χ0n) is 49.4. The lowest BCUT2D eigenvalue weighted by Gasteiger charge is -2.20. The molecule has 0 bridgehead atoms. The number of amides is 1. The molecular formula is C67H129NO5. The minimum atomic E-state index is -0.845. The van der Waals surface area contributed by atoms with Crippen LogP contribution < -0.4 is 5.32 Å². The van der Waals surface area contributed by atoms with Gasteiger partial charge in [0.2, 0.25) is 5.91 Å². The van der Waals surface area contributed by atoms with Crippen LogP contribution in [-0.2, 0) is 14.3 Å². The molecule has 0 radical (unpaired) electrons. The number of rotatable bonds is 62. The summed E-state index contributed by atoms with van der Waals surface area (Å²) in [6.45, 7) is 4.91. The number of unbranched alkanes of at least 4 members (excludes halogenated alkanes) is 49. The van der Waals surface area contributed by atoms with E-state index in [0.717, 1.165) is 44.9 Å². The first-order valence-corrected chi connectivity index (χ1v) is 33.1. The number of nitrogens with one attached hydrogen (secondary N) is 1. The average Bonchev–Trinajstić information content (AvgIpc) is 3.39. The molecule has 0 spiro atoms. The Morgan fingerprint density at radius 2 is 0.644 bits per heavy atom. The first-order chi connectivity index (χ1) is 36.0. The maximum absolute atomic E-state index is 12.5. The number of hydrogen-bond acceptors (Lipinski definition) is 5. The molecule has 2 unspecified atom stereocenters. The number of allylic oxidation sites excluding steroid dienone is 3. The van der Waals surface area contributed by atoms with Crippen molar-refractivity contribution < 1.29 is 24.5 Å². The van der Waals surface area contributed by atoms with Gasteiger partial charge >= 0.3 is 5.97 Å². The smallest absolute Gasteiger partial charge is 0.305 e. The molecule has 0 aliphatic carbocycles. The van der Waals surface area contributed by atoms with Crippen molar-refractivity contribution in [3.05, 3.63) is 24.3 Å². The maximum Gasteiger partial charge on any atom is 0.305 e. The fourth-order valence-electron chi connectivity index (χ4n) is 10.4. The standard InChI is InChI=1S/C67H129NO5/c1-3-5-7-9-11-13-15-17-18-19-20-24-27-30-33-36-39-43-47-51-55-59-65(70)64(63-69)68-66(71)60-56-52-48-44-40-37-34-31-28-25-22-21-23-26-29-32-35-38-42-46-50-54-58-62-73-67(72)61-57-53-49-45-41-16-14-12-10-8-6-4-2/h12,14,55,59,64-65,69-70H,3-11,13,15-54,56-58,60-63H2,1-2H3,(H,68,71)/b14-12-,59-55+. The molecule has 1 amide bonds. The van der Waals surface area contributed by atoms with E-state index in [-0.39, 0.29) is 18.5 Å². The van der Waals surface area contributed by atoms with E-state index in [1.54, 1.807) is 6.08 Å². The van der Waals surface area contributed by atoms with Crippen molar-refractivity contribution >= 4 is 11.9 Å². The van der Waals surface area contributed by atoms with E-state index < -0.39 is 12.1 Å². The second kappa shape index (κ2) is 62.9. The topological polar surface area (TPSA) is 95.9 Å². The van der Waals surface area contributed by atoms with Gasteiger partial charge in [-0.2, -0.15) is 0 Å². The monoisotopic (exact) mass is 1030 g/mol. The average molecular weight is 1030 g/mol. The largest absolute Gasteiger partial charge is 0.466 e. The van der Waals surface area contributed by atoms with Crippen molar-refractivity contribution in [3.8, 4) is 0 Å². The Labute approximate surface area is 456 Å². The number of hydrogen-bond donors (Lipinski definition) is 3. The van der Waals surface area contributed by atoms with E-state index in [9.17, 15) is 19.8 Å². The van der Waals surface area contributed by atoms with Crippen LogP contribution >= 0.6 is 0 Å². The van der Waals surface area contributed by atoms with E-state index in [4.69, 9.17) is 4.74 Å². The molecule has 0 aromatic heterocycles. The van der Waals surface area contributed by atoms with Crippen LogP contribution in [0.3, 0.4) is 0 Å². The van der Waals surface area contributed by atoms with Crippen molar-refractivity contribution in [2.24, 2.45) is 0 Å². The molecule has 0 aromatic carbocycles. The van der Waals surface area contributed by atoms with Crippen LogP contribution in [0, 0.1) is 0 Å². The lowest BCUT2D eigenvalue weighted by molar-refractivity contribution is -0.143. The van der Waals surface area contributed by atoms with Gasteiger partial charge in [0.25, 0.3) is 0 Å². The molecular weight excluding hydrogens is 899 g/mol. The number of aliphatic hydroxyl groups excluding tert-OH is 2. The SMILES string of the molecule is CCCCC/C=C\CCCCCCCC(=O)OCCCCCCCCCCCCCCCCCCCCCCCCCC(=O)NC(CO)C(O)/C=C/CCCCCCCCCCCCCCCCCCCCC. The normalized spacial score (nSPS) is 12.7. The Kier molecular flexibility index (Phi) is 61.4. The molecule has 0 fully saturated rings. The molecule has 432 valence electrons. The van der Waals surface area contributed by atoms with Gasteiger partial charge < -0.3 is 20.3 Å². The van der Waals surface area contributed by atoms with Crippen molar-refractivity contribution in [1.82, 2.24) is 5.32 Å². The van der Waals surface area contributed by atoms with Crippen molar-refractivity contribution in [2.75, 3.05) is 13.2 Å². The predicted molar refractivity (Wildman–Crippen MR) is 320 cm³/mol. The maximum atomic E-state index is 12.5. The van der Waals surface area contributed by atoms with Crippen LogP contribution in [0.5, 0.6) is 0 Å². The highest BCUT2D eigenvalue weighted by molar-refractivity contribution is 5.76. The molecule has 0 rings (SSSR count). The van der Waals surface area contributed by atoms with Crippen LogP contribution in [0.4, 0.5) is 0 Å². The van der Waals surface area contributed by atoms with Gasteiger partial charge in [-0.15, -0.1) is 0 Å². The van der Waals surface area contributed by atoms with Gasteiger partial charge in [0.15, 0.2) is 0 Å². The van der Waals surface area contributed by atoms with Gasteiger partial charge in [-0.25, -0.2) is 0 Å².